The number of hydrogen-bond donors (Lipinski definition) is 0. The molecule has 0 heterocycles. The van der Waals surface area contributed by atoms with Crippen LogP contribution in [0.2, 0.25) is 0 Å². The molecule has 1 aliphatic rings. The van der Waals surface area contributed by atoms with E-state index in [0.717, 1.165) is 31.4 Å². The summed E-state index contributed by atoms with van der Waals surface area (Å²) in [5.41, 5.74) is 1.40. The van der Waals surface area contributed by atoms with E-state index in [-0.39, 0.29) is 6.10 Å². The molecule has 3 aromatic rings. The van der Waals surface area contributed by atoms with Crippen molar-refractivity contribution in [1.82, 2.24) is 0 Å². The van der Waals surface area contributed by atoms with Crippen LogP contribution in [0.5, 0.6) is 5.75 Å². The molecule has 3 aromatic carbocycles. The van der Waals surface area contributed by atoms with Crippen LogP contribution in [0.1, 0.15) is 51.0 Å². The number of benzene rings is 3. The van der Waals surface area contributed by atoms with Gasteiger partial charge >= 0.3 is 8.56 Å². The van der Waals surface area contributed by atoms with Crippen molar-refractivity contribution < 1.29 is 13.6 Å². The smallest absolute Gasteiger partial charge is 0.407 e. The normalized spacial score (nSPS) is 18.9. The summed E-state index contributed by atoms with van der Waals surface area (Å²) >= 11 is 0. The Kier molecular flexibility index (Phi) is 8.02. The third-order valence-electron chi connectivity index (χ3n) is 6.52. The Morgan fingerprint density at radius 3 is 1.79 bits per heavy atom. The lowest BCUT2D eigenvalue weighted by atomic mass is 9.83. The highest BCUT2D eigenvalue weighted by molar-refractivity contribution is 6.92. The van der Waals surface area contributed by atoms with E-state index in [1.807, 2.05) is 0 Å². The number of hydrogen-bond acceptors (Lipinski definition) is 3. The molecule has 3 nitrogen and oxygen atoms in total. The summed E-state index contributed by atoms with van der Waals surface area (Å²) in [4.78, 5) is 0. The van der Waals surface area contributed by atoms with Crippen molar-refractivity contribution in [1.29, 1.82) is 0 Å². The second kappa shape index (κ2) is 11.1. The molecular weight excluding hydrogens is 424 g/mol. The highest BCUT2D eigenvalue weighted by Crippen LogP contribution is 2.35. The predicted octanol–water partition coefficient (Wildman–Crippen LogP) is 5.67. The molecule has 1 fully saturated rings. The fourth-order valence-electron chi connectivity index (χ4n) is 4.73. The Labute approximate surface area is 200 Å². The van der Waals surface area contributed by atoms with Gasteiger partial charge in [0, 0.05) is 12.7 Å². The van der Waals surface area contributed by atoms with Crippen LogP contribution in [0.4, 0.5) is 0 Å². The van der Waals surface area contributed by atoms with E-state index < -0.39 is 8.56 Å². The number of methoxy groups -OCH3 is 1. The molecule has 0 N–H and O–H groups in total. The summed E-state index contributed by atoms with van der Waals surface area (Å²) in [6.45, 7) is 5.10. The molecule has 4 rings (SSSR count). The molecule has 1 saturated carbocycles. The van der Waals surface area contributed by atoms with Crippen LogP contribution >= 0.6 is 0 Å². The Bertz CT molecular complexity index is 925. The van der Waals surface area contributed by atoms with Crippen molar-refractivity contribution in [2.75, 3.05) is 13.7 Å². The first kappa shape index (κ1) is 23.7. The van der Waals surface area contributed by atoms with E-state index >= 15 is 0 Å². The Morgan fingerprint density at radius 1 is 0.758 bits per heavy atom. The third kappa shape index (κ3) is 5.75. The van der Waals surface area contributed by atoms with Gasteiger partial charge in [0.1, 0.15) is 5.75 Å². The quantitative estimate of drug-likeness (QED) is 0.385. The Balaban J connectivity index is 1.56. The second-order valence-corrected chi connectivity index (χ2v) is 12.3. The van der Waals surface area contributed by atoms with Gasteiger partial charge in [-0.2, -0.15) is 0 Å². The van der Waals surface area contributed by atoms with Crippen LogP contribution in [0.3, 0.4) is 0 Å². The average molecular weight is 461 g/mol. The molecule has 4 heteroatoms. The highest BCUT2D eigenvalue weighted by Gasteiger charge is 2.45. The summed E-state index contributed by atoms with van der Waals surface area (Å²) in [6.07, 6.45) is 4.58. The summed E-state index contributed by atoms with van der Waals surface area (Å²) < 4.78 is 19.2. The molecule has 0 unspecified atom stereocenters. The van der Waals surface area contributed by atoms with Gasteiger partial charge in [-0.05, 0) is 65.6 Å². The van der Waals surface area contributed by atoms with E-state index in [2.05, 4.69) is 98.8 Å². The zero-order valence-corrected chi connectivity index (χ0v) is 21.1. The SMILES string of the molecule is COc1ccc(C2CCC(O[Si](OCC(C)C)(c3ccccc3)c3ccccc3)CC2)cc1. The zero-order valence-electron chi connectivity index (χ0n) is 20.1. The zero-order chi connectivity index (χ0) is 23.1. The lowest BCUT2D eigenvalue weighted by Gasteiger charge is -2.38. The summed E-state index contributed by atoms with van der Waals surface area (Å²) in [5.74, 6) is 1.94. The first-order valence-electron chi connectivity index (χ1n) is 12.2. The Morgan fingerprint density at radius 2 is 1.30 bits per heavy atom. The van der Waals surface area contributed by atoms with Crippen LogP contribution in [0.15, 0.2) is 84.9 Å². The summed E-state index contributed by atoms with van der Waals surface area (Å²) in [7, 11) is -1.11. The number of ether oxygens (including phenoxy) is 1. The van der Waals surface area contributed by atoms with Crippen molar-refractivity contribution >= 4 is 18.9 Å². The summed E-state index contributed by atoms with van der Waals surface area (Å²) in [6, 6.07) is 29.8. The maximum Gasteiger partial charge on any atom is 0.407 e. The molecule has 0 amide bonds. The van der Waals surface area contributed by atoms with Gasteiger partial charge in [0.25, 0.3) is 0 Å². The lowest BCUT2D eigenvalue weighted by Crippen LogP contribution is -2.65. The standard InChI is InChI=1S/C29H36O3Si/c1-23(2)22-31-33(28-10-6-4-7-11-28,29-12-8-5-9-13-29)32-27-20-16-25(17-21-27)24-14-18-26(30-3)19-15-24/h4-15,18-19,23,25,27H,16-17,20-22H2,1-3H3. The van der Waals surface area contributed by atoms with Gasteiger partial charge in [-0.1, -0.05) is 86.6 Å². The molecule has 174 valence electrons. The first-order valence-corrected chi connectivity index (χ1v) is 14.0. The van der Waals surface area contributed by atoms with E-state index in [1.165, 1.54) is 15.9 Å². The monoisotopic (exact) mass is 460 g/mol. The first-order chi connectivity index (χ1) is 16.1. The topological polar surface area (TPSA) is 27.7 Å². The van der Waals surface area contributed by atoms with E-state index in [4.69, 9.17) is 13.6 Å². The van der Waals surface area contributed by atoms with E-state index in [1.54, 1.807) is 7.11 Å². The summed E-state index contributed by atoms with van der Waals surface area (Å²) in [5, 5.41) is 2.38. The maximum atomic E-state index is 7.12. The van der Waals surface area contributed by atoms with Crippen molar-refractivity contribution in [3.05, 3.63) is 90.5 Å². The van der Waals surface area contributed by atoms with Crippen LogP contribution < -0.4 is 15.1 Å². The molecule has 0 saturated heterocycles. The molecule has 0 atom stereocenters. The average Bonchev–Trinajstić information content (AvgIpc) is 2.88. The van der Waals surface area contributed by atoms with Crippen LogP contribution in [0.25, 0.3) is 0 Å². The lowest BCUT2D eigenvalue weighted by molar-refractivity contribution is 0.0910. The molecule has 1 aliphatic carbocycles. The molecular formula is C29H36O3Si. The van der Waals surface area contributed by atoms with Gasteiger partial charge in [-0.3, -0.25) is 0 Å². The van der Waals surface area contributed by atoms with Gasteiger partial charge in [-0.15, -0.1) is 0 Å². The van der Waals surface area contributed by atoms with Gasteiger partial charge in [-0.25, -0.2) is 0 Å². The van der Waals surface area contributed by atoms with Crippen LogP contribution in [-0.4, -0.2) is 28.4 Å². The molecule has 0 aromatic heterocycles. The third-order valence-corrected chi connectivity index (χ3v) is 9.95. The highest BCUT2D eigenvalue weighted by atomic mass is 28.4. The predicted molar refractivity (Wildman–Crippen MR) is 138 cm³/mol. The second-order valence-electron chi connectivity index (χ2n) is 9.42. The molecule has 0 bridgehead atoms. The van der Waals surface area contributed by atoms with Crippen molar-refractivity contribution in [3.8, 4) is 5.75 Å². The fourth-order valence-corrected chi connectivity index (χ4v) is 8.27. The van der Waals surface area contributed by atoms with Crippen molar-refractivity contribution in [2.45, 2.75) is 51.6 Å². The number of rotatable bonds is 9. The molecule has 0 aliphatic heterocycles. The van der Waals surface area contributed by atoms with Gasteiger partial charge < -0.3 is 13.6 Å². The van der Waals surface area contributed by atoms with Crippen LogP contribution in [-0.2, 0) is 8.85 Å². The van der Waals surface area contributed by atoms with Gasteiger partial charge in [0.05, 0.1) is 7.11 Å². The minimum Gasteiger partial charge on any atom is -0.497 e. The largest absolute Gasteiger partial charge is 0.497 e. The Hall–Kier alpha value is -2.40. The molecule has 33 heavy (non-hydrogen) atoms. The van der Waals surface area contributed by atoms with Crippen molar-refractivity contribution in [3.63, 3.8) is 0 Å². The van der Waals surface area contributed by atoms with Crippen molar-refractivity contribution in [2.24, 2.45) is 5.92 Å². The van der Waals surface area contributed by atoms with E-state index in [0.29, 0.717) is 18.4 Å². The van der Waals surface area contributed by atoms with Gasteiger partial charge in [0.15, 0.2) is 0 Å². The van der Waals surface area contributed by atoms with E-state index in [9.17, 15) is 0 Å². The molecule has 0 spiro atoms. The molecule has 0 radical (unpaired) electrons. The minimum atomic E-state index is -2.83. The maximum absolute atomic E-state index is 7.12. The van der Waals surface area contributed by atoms with Gasteiger partial charge in [0.2, 0.25) is 0 Å². The minimum absolute atomic E-state index is 0.207. The fraction of sp³-hybridized carbons (Fsp3) is 0.379. The van der Waals surface area contributed by atoms with Crippen LogP contribution in [0, 0.1) is 5.92 Å².